The van der Waals surface area contributed by atoms with Crippen molar-refractivity contribution in [2.24, 2.45) is 5.92 Å². The van der Waals surface area contributed by atoms with Gasteiger partial charge in [-0.3, -0.25) is 24.2 Å². The molecule has 1 aromatic rings. The molecule has 8 nitrogen and oxygen atoms in total. The second-order valence-electron chi connectivity index (χ2n) is 8.46. The van der Waals surface area contributed by atoms with Crippen LogP contribution in [0, 0.1) is 5.92 Å². The maximum Gasteiger partial charge on any atom is 0.238 e. The van der Waals surface area contributed by atoms with Gasteiger partial charge in [-0.2, -0.15) is 0 Å². The van der Waals surface area contributed by atoms with E-state index in [0.29, 0.717) is 44.2 Å². The van der Waals surface area contributed by atoms with E-state index in [1.54, 1.807) is 4.90 Å². The average molecular weight is 416 g/mol. The Hall–Kier alpha value is -2.45. The summed E-state index contributed by atoms with van der Waals surface area (Å²) in [6.45, 7) is 9.27. The number of para-hydroxylation sites is 2. The molecule has 2 N–H and O–H groups in total. The molecule has 8 heteroatoms. The highest BCUT2D eigenvalue weighted by Gasteiger charge is 2.25. The highest BCUT2D eigenvalue weighted by Crippen LogP contribution is 2.29. The number of hydrogen-bond acceptors (Lipinski definition) is 5. The third kappa shape index (κ3) is 6.27. The Bertz CT molecular complexity index is 759. The number of piperazine rings is 1. The first kappa shape index (κ1) is 22.2. The highest BCUT2D eigenvalue weighted by atomic mass is 16.2. The van der Waals surface area contributed by atoms with Crippen LogP contribution >= 0.6 is 0 Å². The van der Waals surface area contributed by atoms with Crippen molar-refractivity contribution >= 4 is 29.1 Å². The first-order chi connectivity index (χ1) is 14.4. The second-order valence-corrected chi connectivity index (χ2v) is 8.46. The predicted octanol–water partition coefficient (Wildman–Crippen LogP) is 1.14. The number of carbonyl (C=O) groups excluding carboxylic acids is 3. The van der Waals surface area contributed by atoms with Crippen molar-refractivity contribution in [2.75, 3.05) is 62.6 Å². The van der Waals surface area contributed by atoms with Crippen molar-refractivity contribution in [3.05, 3.63) is 24.3 Å². The summed E-state index contributed by atoms with van der Waals surface area (Å²) in [5.41, 5.74) is 1.45. The lowest BCUT2D eigenvalue weighted by molar-refractivity contribution is -0.123. The van der Waals surface area contributed by atoms with Gasteiger partial charge in [-0.1, -0.05) is 26.0 Å². The Morgan fingerprint density at radius 3 is 2.20 bits per heavy atom. The molecule has 0 aliphatic carbocycles. The zero-order valence-corrected chi connectivity index (χ0v) is 18.0. The fourth-order valence-electron chi connectivity index (χ4n) is 3.79. The van der Waals surface area contributed by atoms with E-state index in [-0.39, 0.29) is 17.7 Å². The minimum Gasteiger partial charge on any atom is -0.355 e. The van der Waals surface area contributed by atoms with Crippen molar-refractivity contribution in [1.29, 1.82) is 0 Å². The number of anilines is 2. The number of nitrogens with one attached hydrogen (secondary N) is 2. The molecule has 3 amide bonds. The minimum atomic E-state index is -0.0859. The second kappa shape index (κ2) is 10.5. The quantitative estimate of drug-likeness (QED) is 0.665. The van der Waals surface area contributed by atoms with Gasteiger partial charge < -0.3 is 15.5 Å². The molecular weight excluding hydrogens is 382 g/mol. The van der Waals surface area contributed by atoms with Crippen molar-refractivity contribution in [1.82, 2.24) is 15.1 Å². The Morgan fingerprint density at radius 2 is 1.60 bits per heavy atom. The van der Waals surface area contributed by atoms with E-state index < -0.39 is 0 Å². The number of nitrogens with zero attached hydrogens (tertiary/aromatic N) is 3. The number of hydrogen-bond donors (Lipinski definition) is 2. The molecule has 0 radical (unpaired) electrons. The molecule has 2 aliphatic heterocycles. The maximum atomic E-state index is 12.6. The van der Waals surface area contributed by atoms with Crippen LogP contribution in [-0.4, -0.2) is 79.9 Å². The largest absolute Gasteiger partial charge is 0.355 e. The van der Waals surface area contributed by atoms with Gasteiger partial charge in [0.1, 0.15) is 0 Å². The van der Waals surface area contributed by atoms with E-state index in [2.05, 4.69) is 34.3 Å². The number of carbonyl (C=O) groups is 3. The summed E-state index contributed by atoms with van der Waals surface area (Å²) in [4.78, 5) is 42.6. The molecule has 1 aromatic carbocycles. The molecule has 0 saturated carbocycles. The minimum absolute atomic E-state index is 0.0583. The van der Waals surface area contributed by atoms with E-state index in [9.17, 15) is 14.4 Å². The summed E-state index contributed by atoms with van der Waals surface area (Å²) >= 11 is 0. The van der Waals surface area contributed by atoms with Gasteiger partial charge in [0.25, 0.3) is 0 Å². The van der Waals surface area contributed by atoms with Crippen LogP contribution in [0.25, 0.3) is 0 Å². The third-order valence-electron chi connectivity index (χ3n) is 5.45. The van der Waals surface area contributed by atoms with Gasteiger partial charge in [-0.15, -0.1) is 0 Å². The monoisotopic (exact) mass is 415 g/mol. The molecule has 0 unspecified atom stereocenters. The molecule has 2 aliphatic rings. The summed E-state index contributed by atoms with van der Waals surface area (Å²) in [5.74, 6) is 0.517. The molecule has 0 atom stereocenters. The highest BCUT2D eigenvalue weighted by molar-refractivity contribution is 6.02. The lowest BCUT2D eigenvalue weighted by atomic mass is 10.2. The average Bonchev–Trinajstić information content (AvgIpc) is 3.14. The van der Waals surface area contributed by atoms with E-state index in [1.807, 2.05) is 24.3 Å². The Morgan fingerprint density at radius 1 is 0.967 bits per heavy atom. The van der Waals surface area contributed by atoms with Crippen LogP contribution in [0.1, 0.15) is 26.7 Å². The molecular formula is C22H33N5O3. The van der Waals surface area contributed by atoms with E-state index in [1.165, 1.54) is 0 Å². The van der Waals surface area contributed by atoms with Crippen molar-refractivity contribution in [2.45, 2.75) is 26.7 Å². The van der Waals surface area contributed by atoms with Crippen molar-refractivity contribution < 1.29 is 14.4 Å². The van der Waals surface area contributed by atoms with Gasteiger partial charge in [0.05, 0.1) is 24.5 Å². The zero-order chi connectivity index (χ0) is 21.5. The number of benzene rings is 1. The number of amides is 3. The third-order valence-corrected chi connectivity index (χ3v) is 5.45. The predicted molar refractivity (Wildman–Crippen MR) is 117 cm³/mol. The number of rotatable bonds is 8. The molecule has 0 spiro atoms. The molecule has 0 aromatic heterocycles. The summed E-state index contributed by atoms with van der Waals surface area (Å²) in [7, 11) is 0. The van der Waals surface area contributed by atoms with Gasteiger partial charge in [0.2, 0.25) is 17.7 Å². The Labute approximate surface area is 178 Å². The lowest BCUT2D eigenvalue weighted by Crippen LogP contribution is -2.51. The Balaban J connectivity index is 1.45. The van der Waals surface area contributed by atoms with Crippen LogP contribution in [0.3, 0.4) is 0 Å². The summed E-state index contributed by atoms with van der Waals surface area (Å²) in [6, 6.07) is 7.46. The SMILES string of the molecule is CC(C)CNC(=O)CN1CCN(CC(=O)Nc2ccccc2N2CCCC2=O)CC1. The molecule has 2 saturated heterocycles. The molecule has 164 valence electrons. The van der Waals surface area contributed by atoms with E-state index in [0.717, 1.165) is 38.3 Å². The molecule has 2 heterocycles. The Kier molecular flexibility index (Phi) is 7.81. The standard InChI is InChI=1S/C22H33N5O3/c1-17(2)14-23-20(28)15-25-10-12-26(13-11-25)16-21(29)24-18-6-3-4-7-19(18)27-9-5-8-22(27)30/h3-4,6-7,17H,5,8-16H2,1-2H3,(H,23,28)(H,24,29). The molecule has 0 bridgehead atoms. The van der Waals surface area contributed by atoms with Crippen LogP contribution in [-0.2, 0) is 14.4 Å². The lowest BCUT2D eigenvalue weighted by Gasteiger charge is -2.34. The van der Waals surface area contributed by atoms with Gasteiger partial charge in [0.15, 0.2) is 0 Å². The molecule has 2 fully saturated rings. The van der Waals surface area contributed by atoms with Crippen LogP contribution < -0.4 is 15.5 Å². The van der Waals surface area contributed by atoms with E-state index >= 15 is 0 Å². The fraction of sp³-hybridized carbons (Fsp3) is 0.591. The van der Waals surface area contributed by atoms with Crippen LogP contribution in [0.2, 0.25) is 0 Å². The summed E-state index contributed by atoms with van der Waals surface area (Å²) < 4.78 is 0. The van der Waals surface area contributed by atoms with E-state index in [4.69, 9.17) is 0 Å². The first-order valence-electron chi connectivity index (χ1n) is 10.8. The summed E-state index contributed by atoms with van der Waals surface area (Å²) in [5, 5.41) is 5.92. The van der Waals surface area contributed by atoms with Gasteiger partial charge in [-0.25, -0.2) is 0 Å². The molecule has 3 rings (SSSR count). The first-order valence-corrected chi connectivity index (χ1v) is 10.8. The maximum absolute atomic E-state index is 12.6. The van der Waals surface area contributed by atoms with Gasteiger partial charge in [-0.05, 0) is 24.5 Å². The van der Waals surface area contributed by atoms with Gasteiger partial charge >= 0.3 is 0 Å². The molecule has 30 heavy (non-hydrogen) atoms. The summed E-state index contributed by atoms with van der Waals surface area (Å²) in [6.07, 6.45) is 1.41. The van der Waals surface area contributed by atoms with Crippen LogP contribution in [0.4, 0.5) is 11.4 Å². The van der Waals surface area contributed by atoms with Crippen LogP contribution in [0.15, 0.2) is 24.3 Å². The van der Waals surface area contributed by atoms with Gasteiger partial charge in [0, 0.05) is 45.7 Å². The smallest absolute Gasteiger partial charge is 0.238 e. The normalized spacial score (nSPS) is 18.1. The topological polar surface area (TPSA) is 85.0 Å². The van der Waals surface area contributed by atoms with Crippen LogP contribution in [0.5, 0.6) is 0 Å². The van der Waals surface area contributed by atoms with Crippen molar-refractivity contribution in [3.8, 4) is 0 Å². The zero-order valence-electron chi connectivity index (χ0n) is 18.0. The van der Waals surface area contributed by atoms with Crippen molar-refractivity contribution in [3.63, 3.8) is 0 Å². The fourth-order valence-corrected chi connectivity index (χ4v) is 3.79.